The van der Waals surface area contributed by atoms with Gasteiger partial charge in [-0.3, -0.25) is 4.79 Å². The predicted octanol–water partition coefficient (Wildman–Crippen LogP) is 4.01. The number of benzene rings is 2. The van der Waals surface area contributed by atoms with Gasteiger partial charge in [0, 0.05) is 6.92 Å². The number of aromatic nitrogens is 2. The molecule has 0 unspecified atom stereocenters. The van der Waals surface area contributed by atoms with Crippen LogP contribution in [0.15, 0.2) is 59.6 Å². The number of ether oxygens (including phenoxy) is 1. The van der Waals surface area contributed by atoms with E-state index in [2.05, 4.69) is 9.98 Å². The molecule has 0 radical (unpaired) electrons. The van der Waals surface area contributed by atoms with Crippen molar-refractivity contribution in [2.45, 2.75) is 20.3 Å². The summed E-state index contributed by atoms with van der Waals surface area (Å²) in [6.45, 7) is 4.17. The van der Waals surface area contributed by atoms with Gasteiger partial charge in [0.25, 0.3) is 0 Å². The fourth-order valence-corrected chi connectivity index (χ4v) is 2.57. The van der Waals surface area contributed by atoms with Crippen molar-refractivity contribution >= 4 is 28.8 Å². The maximum atomic E-state index is 12.9. The van der Waals surface area contributed by atoms with Gasteiger partial charge in [-0.2, -0.15) is 4.99 Å². The molecule has 0 N–H and O–H groups in total. The van der Waals surface area contributed by atoms with E-state index < -0.39 is 0 Å². The first-order valence-electron chi connectivity index (χ1n) is 7.91. The molecule has 1 heterocycles. The highest BCUT2D eigenvalue weighted by Gasteiger charge is 2.17. The van der Waals surface area contributed by atoms with Crippen LogP contribution in [0.5, 0.6) is 0 Å². The van der Waals surface area contributed by atoms with Crippen LogP contribution in [0.3, 0.4) is 0 Å². The van der Waals surface area contributed by atoms with Crippen LogP contribution in [0, 0.1) is 0 Å². The summed E-state index contributed by atoms with van der Waals surface area (Å²) >= 11 is 0. The summed E-state index contributed by atoms with van der Waals surface area (Å²) in [7, 11) is 0. The molecule has 3 aromatic rings. The molecule has 0 spiro atoms. The van der Waals surface area contributed by atoms with E-state index in [-0.39, 0.29) is 12.3 Å². The van der Waals surface area contributed by atoms with Crippen molar-refractivity contribution in [2.75, 3.05) is 6.61 Å². The molecule has 0 bridgehead atoms. The monoisotopic (exact) mass is 321 g/mol. The number of nitrogens with zero attached hydrogens (tertiary/aromatic N) is 3. The summed E-state index contributed by atoms with van der Waals surface area (Å²) in [5.74, 6) is 0.766. The second-order valence-corrected chi connectivity index (χ2v) is 5.36. The minimum Gasteiger partial charge on any atom is -0.481 e. The van der Waals surface area contributed by atoms with E-state index in [1.165, 1.54) is 0 Å². The Hall–Kier alpha value is -2.95. The van der Waals surface area contributed by atoms with Gasteiger partial charge in [-0.05, 0) is 24.6 Å². The molecule has 24 heavy (non-hydrogen) atoms. The highest BCUT2D eigenvalue weighted by Crippen LogP contribution is 2.22. The number of rotatable bonds is 4. The second-order valence-electron chi connectivity index (χ2n) is 5.36. The van der Waals surface area contributed by atoms with E-state index in [4.69, 9.17) is 4.74 Å². The third kappa shape index (κ3) is 3.35. The van der Waals surface area contributed by atoms with Gasteiger partial charge in [0.15, 0.2) is 5.90 Å². The van der Waals surface area contributed by atoms with Gasteiger partial charge < -0.3 is 4.74 Å². The minimum absolute atomic E-state index is 0.0713. The molecule has 5 nitrogen and oxygen atoms in total. The molecule has 5 heteroatoms. The molecule has 2 aromatic carbocycles. The van der Waals surface area contributed by atoms with Crippen molar-refractivity contribution in [3.63, 3.8) is 0 Å². The van der Waals surface area contributed by atoms with Crippen LogP contribution in [0.2, 0.25) is 0 Å². The molecule has 0 aliphatic carbocycles. The molecule has 0 saturated carbocycles. The average Bonchev–Trinajstić information content (AvgIpc) is 2.93. The third-order valence-corrected chi connectivity index (χ3v) is 3.60. The van der Waals surface area contributed by atoms with Gasteiger partial charge in [-0.25, -0.2) is 9.55 Å². The summed E-state index contributed by atoms with van der Waals surface area (Å²) in [6.07, 6.45) is 0.289. The number of carbonyl (C=O) groups excluding carboxylic acids is 1. The summed E-state index contributed by atoms with van der Waals surface area (Å²) < 4.78 is 6.94. The molecule has 0 saturated heterocycles. The van der Waals surface area contributed by atoms with Crippen LogP contribution in [-0.4, -0.2) is 28.0 Å². The maximum Gasteiger partial charge on any atom is 0.240 e. The quantitative estimate of drug-likeness (QED) is 0.539. The predicted molar refractivity (Wildman–Crippen MR) is 94.9 cm³/mol. The van der Waals surface area contributed by atoms with E-state index in [0.717, 1.165) is 16.6 Å². The van der Waals surface area contributed by atoms with E-state index >= 15 is 0 Å². The second kappa shape index (κ2) is 7.08. The number of hydrogen-bond donors (Lipinski definition) is 0. The first-order valence-corrected chi connectivity index (χ1v) is 7.91. The van der Waals surface area contributed by atoms with E-state index in [0.29, 0.717) is 18.5 Å². The standard InChI is InChI=1S/C19H19N3O2/c1-3-24-14(2)20-19-21-16-11-7-8-12-17(16)22(19)18(23)13-15-9-5-4-6-10-15/h4-12H,3,13H2,1-2H3/b20-14+. The highest BCUT2D eigenvalue weighted by molar-refractivity contribution is 5.95. The average molecular weight is 321 g/mol. The highest BCUT2D eigenvalue weighted by atomic mass is 16.5. The number of hydrogen-bond acceptors (Lipinski definition) is 4. The molecule has 0 amide bonds. The Morgan fingerprint density at radius 3 is 2.58 bits per heavy atom. The normalized spacial score (nSPS) is 11.7. The topological polar surface area (TPSA) is 56.5 Å². The third-order valence-electron chi connectivity index (χ3n) is 3.60. The summed E-state index contributed by atoms with van der Waals surface area (Å²) in [4.78, 5) is 21.7. The molecule has 0 fully saturated rings. The zero-order valence-electron chi connectivity index (χ0n) is 13.8. The Kier molecular flexibility index (Phi) is 4.70. The van der Waals surface area contributed by atoms with Crippen molar-refractivity contribution in [1.82, 2.24) is 9.55 Å². The van der Waals surface area contributed by atoms with Crippen LogP contribution < -0.4 is 0 Å². The van der Waals surface area contributed by atoms with Crippen molar-refractivity contribution in [2.24, 2.45) is 4.99 Å². The van der Waals surface area contributed by atoms with Gasteiger partial charge in [0.1, 0.15) is 0 Å². The Morgan fingerprint density at radius 1 is 1.12 bits per heavy atom. The zero-order valence-corrected chi connectivity index (χ0v) is 13.8. The van der Waals surface area contributed by atoms with E-state index in [9.17, 15) is 4.79 Å². The Balaban J connectivity index is 2.04. The van der Waals surface area contributed by atoms with Crippen LogP contribution >= 0.6 is 0 Å². The van der Waals surface area contributed by atoms with Gasteiger partial charge in [0.05, 0.1) is 24.1 Å². The van der Waals surface area contributed by atoms with Crippen LogP contribution in [0.25, 0.3) is 11.0 Å². The molecular formula is C19H19N3O2. The summed E-state index contributed by atoms with van der Waals surface area (Å²) in [6, 6.07) is 17.2. The van der Waals surface area contributed by atoms with Crippen LogP contribution in [0.1, 0.15) is 24.2 Å². The van der Waals surface area contributed by atoms with Crippen molar-refractivity contribution in [3.8, 4) is 0 Å². The van der Waals surface area contributed by atoms with Gasteiger partial charge in [-0.15, -0.1) is 0 Å². The molecule has 0 atom stereocenters. The zero-order chi connectivity index (χ0) is 16.9. The van der Waals surface area contributed by atoms with Crippen molar-refractivity contribution < 1.29 is 9.53 Å². The van der Waals surface area contributed by atoms with Crippen molar-refractivity contribution in [3.05, 3.63) is 60.2 Å². The summed E-state index contributed by atoms with van der Waals surface area (Å²) in [5, 5.41) is 0. The van der Waals surface area contributed by atoms with Crippen LogP contribution in [-0.2, 0) is 11.2 Å². The number of imidazole rings is 1. The fourth-order valence-electron chi connectivity index (χ4n) is 2.57. The smallest absolute Gasteiger partial charge is 0.240 e. The minimum atomic E-state index is -0.0713. The number of fused-ring (bicyclic) bond motifs is 1. The Morgan fingerprint density at radius 2 is 1.83 bits per heavy atom. The van der Waals surface area contributed by atoms with Gasteiger partial charge in [0.2, 0.25) is 11.9 Å². The lowest BCUT2D eigenvalue weighted by atomic mass is 10.1. The first-order chi connectivity index (χ1) is 11.7. The first kappa shape index (κ1) is 15.9. The number of para-hydroxylation sites is 2. The molecular weight excluding hydrogens is 302 g/mol. The maximum absolute atomic E-state index is 12.9. The summed E-state index contributed by atoms with van der Waals surface area (Å²) in [5.41, 5.74) is 2.44. The SMILES string of the molecule is CCO/C(C)=N/c1nc2ccccc2n1C(=O)Cc1ccccc1. The van der Waals surface area contributed by atoms with E-state index in [1.807, 2.05) is 61.5 Å². The molecule has 122 valence electrons. The van der Waals surface area contributed by atoms with Crippen LogP contribution in [0.4, 0.5) is 5.95 Å². The number of aliphatic imine (C=N–C) groups is 1. The molecule has 0 aliphatic rings. The molecule has 3 rings (SSSR count). The largest absolute Gasteiger partial charge is 0.481 e. The molecule has 1 aromatic heterocycles. The van der Waals surface area contributed by atoms with Crippen molar-refractivity contribution in [1.29, 1.82) is 0 Å². The lowest BCUT2D eigenvalue weighted by Crippen LogP contribution is -2.13. The molecule has 0 aliphatic heterocycles. The number of carbonyl (C=O) groups is 1. The lowest BCUT2D eigenvalue weighted by molar-refractivity contribution is 0.0921. The van der Waals surface area contributed by atoms with Gasteiger partial charge >= 0.3 is 0 Å². The lowest BCUT2D eigenvalue weighted by Gasteiger charge is -2.06. The Bertz CT molecular complexity index is 882. The Labute approximate surface area is 140 Å². The fraction of sp³-hybridized carbons (Fsp3) is 0.211. The van der Waals surface area contributed by atoms with Gasteiger partial charge in [-0.1, -0.05) is 42.5 Å². The van der Waals surface area contributed by atoms with E-state index in [1.54, 1.807) is 11.5 Å².